The van der Waals surface area contributed by atoms with Crippen molar-refractivity contribution in [3.05, 3.63) is 29.8 Å². The highest BCUT2D eigenvalue weighted by atomic mass is 16.1. The van der Waals surface area contributed by atoms with Crippen LogP contribution in [0.5, 0.6) is 0 Å². The molecule has 1 aromatic carbocycles. The SMILES string of the molecule is CN(C=O)c1ccc(C(=O)C2C3CCCC32)cc1. The van der Waals surface area contributed by atoms with Gasteiger partial charge >= 0.3 is 0 Å². The maximum absolute atomic E-state index is 12.3. The zero-order valence-electron chi connectivity index (χ0n) is 10.5. The van der Waals surface area contributed by atoms with Crippen molar-refractivity contribution in [1.82, 2.24) is 0 Å². The molecule has 0 aromatic heterocycles. The van der Waals surface area contributed by atoms with Crippen LogP contribution >= 0.6 is 0 Å². The first-order valence-electron chi connectivity index (χ1n) is 6.55. The third-order valence-electron chi connectivity index (χ3n) is 4.43. The number of hydrogen-bond donors (Lipinski definition) is 0. The second kappa shape index (κ2) is 4.23. The predicted molar refractivity (Wildman–Crippen MR) is 69.6 cm³/mol. The zero-order chi connectivity index (χ0) is 12.7. The minimum atomic E-state index is 0.286. The van der Waals surface area contributed by atoms with E-state index in [0.29, 0.717) is 17.6 Å². The van der Waals surface area contributed by atoms with Crippen molar-refractivity contribution in [3.63, 3.8) is 0 Å². The van der Waals surface area contributed by atoms with Gasteiger partial charge in [0.05, 0.1) is 0 Å². The Hall–Kier alpha value is -1.64. The number of amides is 1. The summed E-state index contributed by atoms with van der Waals surface area (Å²) in [7, 11) is 1.70. The average Bonchev–Trinajstić information content (AvgIpc) is 2.89. The van der Waals surface area contributed by atoms with Crippen molar-refractivity contribution in [3.8, 4) is 0 Å². The maximum atomic E-state index is 12.3. The molecule has 1 amide bonds. The van der Waals surface area contributed by atoms with Gasteiger partial charge in [0.25, 0.3) is 0 Å². The van der Waals surface area contributed by atoms with Gasteiger partial charge in [-0.3, -0.25) is 9.59 Å². The number of hydrogen-bond acceptors (Lipinski definition) is 2. The first-order valence-corrected chi connectivity index (χ1v) is 6.55. The number of Topliss-reactive ketones (excluding diaryl/α,β-unsaturated/α-hetero) is 1. The summed E-state index contributed by atoms with van der Waals surface area (Å²) < 4.78 is 0. The van der Waals surface area contributed by atoms with E-state index in [1.807, 2.05) is 24.3 Å². The summed E-state index contributed by atoms with van der Waals surface area (Å²) in [4.78, 5) is 24.4. The van der Waals surface area contributed by atoms with Gasteiger partial charge in [-0.15, -0.1) is 0 Å². The molecule has 0 aliphatic heterocycles. The van der Waals surface area contributed by atoms with Crippen LogP contribution in [0, 0.1) is 17.8 Å². The number of rotatable bonds is 4. The van der Waals surface area contributed by atoms with Crippen LogP contribution in [0.2, 0.25) is 0 Å². The van der Waals surface area contributed by atoms with E-state index in [2.05, 4.69) is 0 Å². The van der Waals surface area contributed by atoms with Crippen LogP contribution in [0.3, 0.4) is 0 Å². The summed E-state index contributed by atoms with van der Waals surface area (Å²) in [5, 5.41) is 0. The monoisotopic (exact) mass is 243 g/mol. The molecule has 2 aliphatic carbocycles. The molecule has 0 spiro atoms. The molecule has 2 fully saturated rings. The molecule has 18 heavy (non-hydrogen) atoms. The standard InChI is InChI=1S/C15H17NO2/c1-16(9-17)11-7-5-10(6-8-11)15(18)14-12-3-2-4-13(12)14/h5-9,12-14H,2-4H2,1H3. The fourth-order valence-electron chi connectivity index (χ4n) is 3.32. The molecular weight excluding hydrogens is 226 g/mol. The third-order valence-corrected chi connectivity index (χ3v) is 4.43. The van der Waals surface area contributed by atoms with Crippen molar-refractivity contribution in [2.24, 2.45) is 17.8 Å². The molecular formula is C15H17NO2. The molecule has 0 radical (unpaired) electrons. The summed E-state index contributed by atoms with van der Waals surface area (Å²) in [6, 6.07) is 7.34. The lowest BCUT2D eigenvalue weighted by Crippen LogP contribution is -2.14. The quantitative estimate of drug-likeness (QED) is 0.602. The highest BCUT2D eigenvalue weighted by Gasteiger charge is 2.56. The van der Waals surface area contributed by atoms with Gasteiger partial charge in [-0.05, 0) is 48.9 Å². The van der Waals surface area contributed by atoms with Gasteiger partial charge < -0.3 is 4.90 Å². The lowest BCUT2D eigenvalue weighted by Gasteiger charge is -2.11. The normalized spacial score (nSPS) is 28.6. The molecule has 0 bridgehead atoms. The van der Waals surface area contributed by atoms with Gasteiger partial charge in [0.15, 0.2) is 5.78 Å². The molecule has 2 aliphatic rings. The number of fused-ring (bicyclic) bond motifs is 1. The highest BCUT2D eigenvalue weighted by Crippen LogP contribution is 2.58. The van der Waals surface area contributed by atoms with Gasteiger partial charge in [-0.2, -0.15) is 0 Å². The molecule has 0 N–H and O–H groups in total. The molecule has 0 saturated heterocycles. The summed E-state index contributed by atoms with van der Waals surface area (Å²) in [6.07, 6.45) is 4.52. The predicted octanol–water partition coefficient (Wildman–Crippen LogP) is 2.51. The number of carbonyl (C=O) groups is 2. The molecule has 0 heterocycles. The van der Waals surface area contributed by atoms with Crippen LogP contribution in [-0.4, -0.2) is 19.2 Å². The van der Waals surface area contributed by atoms with Crippen molar-refractivity contribution in [1.29, 1.82) is 0 Å². The zero-order valence-corrected chi connectivity index (χ0v) is 10.5. The molecule has 94 valence electrons. The third kappa shape index (κ3) is 1.74. The van der Waals surface area contributed by atoms with E-state index in [0.717, 1.165) is 17.7 Å². The van der Waals surface area contributed by atoms with Crippen LogP contribution in [0.4, 0.5) is 5.69 Å². The Kier molecular flexibility index (Phi) is 2.69. The van der Waals surface area contributed by atoms with Crippen LogP contribution < -0.4 is 4.90 Å². The summed E-state index contributed by atoms with van der Waals surface area (Å²) in [5.74, 6) is 1.91. The van der Waals surface area contributed by atoms with E-state index in [9.17, 15) is 9.59 Å². The summed E-state index contributed by atoms with van der Waals surface area (Å²) >= 11 is 0. The topological polar surface area (TPSA) is 37.4 Å². The minimum absolute atomic E-state index is 0.286. The van der Waals surface area contributed by atoms with Crippen molar-refractivity contribution >= 4 is 17.9 Å². The largest absolute Gasteiger partial charge is 0.318 e. The molecule has 3 heteroatoms. The Labute approximate surface area is 107 Å². The number of benzene rings is 1. The van der Waals surface area contributed by atoms with Gasteiger partial charge in [-0.25, -0.2) is 0 Å². The van der Waals surface area contributed by atoms with Crippen LogP contribution in [-0.2, 0) is 4.79 Å². The Morgan fingerprint density at radius 3 is 2.39 bits per heavy atom. The molecule has 2 atom stereocenters. The Morgan fingerprint density at radius 1 is 1.22 bits per heavy atom. The second-order valence-corrected chi connectivity index (χ2v) is 5.41. The van der Waals surface area contributed by atoms with E-state index in [-0.39, 0.29) is 5.92 Å². The van der Waals surface area contributed by atoms with Crippen molar-refractivity contribution in [2.75, 3.05) is 11.9 Å². The Balaban J connectivity index is 1.73. The summed E-state index contributed by atoms with van der Waals surface area (Å²) in [6.45, 7) is 0. The first kappa shape index (κ1) is 11.5. The first-order chi connectivity index (χ1) is 8.72. The van der Waals surface area contributed by atoms with Gasteiger partial charge in [0.1, 0.15) is 0 Å². The molecule has 1 aromatic rings. The van der Waals surface area contributed by atoms with Crippen LogP contribution in [0.15, 0.2) is 24.3 Å². The molecule has 2 unspecified atom stereocenters. The fourth-order valence-corrected chi connectivity index (χ4v) is 3.32. The van der Waals surface area contributed by atoms with E-state index < -0.39 is 0 Å². The minimum Gasteiger partial charge on any atom is -0.318 e. The lowest BCUT2D eigenvalue weighted by atomic mass is 10.0. The van der Waals surface area contributed by atoms with Gasteiger partial charge in [0, 0.05) is 24.2 Å². The number of carbonyl (C=O) groups excluding carboxylic acids is 2. The van der Waals surface area contributed by atoms with Crippen LogP contribution in [0.25, 0.3) is 0 Å². The second-order valence-electron chi connectivity index (χ2n) is 5.41. The van der Waals surface area contributed by atoms with E-state index in [1.165, 1.54) is 24.2 Å². The van der Waals surface area contributed by atoms with E-state index >= 15 is 0 Å². The van der Waals surface area contributed by atoms with Crippen LogP contribution in [0.1, 0.15) is 29.6 Å². The van der Waals surface area contributed by atoms with Gasteiger partial charge in [0.2, 0.25) is 6.41 Å². The Morgan fingerprint density at radius 2 is 1.83 bits per heavy atom. The smallest absolute Gasteiger partial charge is 0.213 e. The van der Waals surface area contributed by atoms with Crippen molar-refractivity contribution < 1.29 is 9.59 Å². The Bertz CT molecular complexity index is 470. The number of ketones is 1. The van der Waals surface area contributed by atoms with Gasteiger partial charge in [-0.1, -0.05) is 6.42 Å². The lowest BCUT2D eigenvalue weighted by molar-refractivity contribution is -0.107. The highest BCUT2D eigenvalue weighted by molar-refractivity contribution is 6.00. The molecule has 3 rings (SSSR count). The maximum Gasteiger partial charge on any atom is 0.213 e. The van der Waals surface area contributed by atoms with Crippen molar-refractivity contribution in [2.45, 2.75) is 19.3 Å². The van der Waals surface area contributed by atoms with E-state index in [4.69, 9.17) is 0 Å². The fraction of sp³-hybridized carbons (Fsp3) is 0.467. The van der Waals surface area contributed by atoms with E-state index in [1.54, 1.807) is 7.05 Å². The molecule has 3 nitrogen and oxygen atoms in total. The summed E-state index contributed by atoms with van der Waals surface area (Å²) in [5.41, 5.74) is 1.61. The number of nitrogens with zero attached hydrogens (tertiary/aromatic N) is 1. The average molecular weight is 243 g/mol. The number of anilines is 1. The molecule has 2 saturated carbocycles.